The van der Waals surface area contributed by atoms with E-state index in [2.05, 4.69) is 15.5 Å². The van der Waals surface area contributed by atoms with Crippen molar-refractivity contribution in [2.24, 2.45) is 0 Å². The summed E-state index contributed by atoms with van der Waals surface area (Å²) in [5.41, 5.74) is 0.816. The Morgan fingerprint density at radius 1 is 1.35 bits per heavy atom. The fourth-order valence-corrected chi connectivity index (χ4v) is 1.88. The maximum absolute atomic E-state index is 11.0. The number of nitrogens with zero attached hydrogens (tertiary/aromatic N) is 4. The summed E-state index contributed by atoms with van der Waals surface area (Å²) in [5, 5.41) is 19.9. The molecule has 106 valence electrons. The Morgan fingerprint density at radius 2 is 2.05 bits per heavy atom. The van der Waals surface area contributed by atoms with Gasteiger partial charge in [-0.25, -0.2) is 4.68 Å². The number of rotatable bonds is 6. The van der Waals surface area contributed by atoms with E-state index in [1.807, 2.05) is 38.1 Å². The molecule has 0 aliphatic heterocycles. The predicted octanol–water partition coefficient (Wildman–Crippen LogP) is 1.52. The van der Waals surface area contributed by atoms with Crippen molar-refractivity contribution in [2.75, 3.05) is 0 Å². The first kappa shape index (κ1) is 14.0. The fourth-order valence-electron chi connectivity index (χ4n) is 1.88. The van der Waals surface area contributed by atoms with Crippen LogP contribution in [-0.4, -0.2) is 37.4 Å². The van der Waals surface area contributed by atoms with Gasteiger partial charge in [-0.2, -0.15) is 0 Å². The topological polar surface area (TPSA) is 90.1 Å². The zero-order valence-corrected chi connectivity index (χ0v) is 11.3. The fraction of sp³-hybridized carbons (Fsp3) is 0.385. The van der Waals surface area contributed by atoms with Crippen LogP contribution in [0, 0.1) is 0 Å². The van der Waals surface area contributed by atoms with E-state index in [0.29, 0.717) is 0 Å². The van der Waals surface area contributed by atoms with E-state index in [1.165, 1.54) is 11.0 Å². The average molecular weight is 276 g/mol. The van der Waals surface area contributed by atoms with Gasteiger partial charge in [-0.3, -0.25) is 4.79 Å². The summed E-state index contributed by atoms with van der Waals surface area (Å²) >= 11 is 0. The minimum absolute atomic E-state index is 0.0879. The first-order valence-corrected chi connectivity index (χ1v) is 6.27. The summed E-state index contributed by atoms with van der Waals surface area (Å²) in [6.07, 6.45) is 1.41. The van der Waals surface area contributed by atoms with Crippen molar-refractivity contribution in [1.82, 2.24) is 20.2 Å². The molecule has 1 atom stereocenters. The van der Waals surface area contributed by atoms with Gasteiger partial charge in [-0.05, 0) is 42.0 Å². The number of aliphatic carboxylic acids is 1. The van der Waals surface area contributed by atoms with Crippen LogP contribution in [0.25, 0.3) is 0 Å². The van der Waals surface area contributed by atoms with Crippen LogP contribution >= 0.6 is 0 Å². The Hall–Kier alpha value is -2.44. The second kappa shape index (κ2) is 6.14. The molecule has 0 unspecified atom stereocenters. The number of carbonyl (C=O) groups is 1. The normalized spacial score (nSPS) is 12.3. The first-order valence-electron chi connectivity index (χ1n) is 6.27. The molecule has 1 heterocycles. The zero-order valence-electron chi connectivity index (χ0n) is 11.3. The second-order valence-corrected chi connectivity index (χ2v) is 4.64. The molecule has 7 nitrogen and oxygen atoms in total. The molecule has 2 rings (SSSR count). The molecular weight excluding hydrogens is 260 g/mol. The Labute approximate surface area is 116 Å². The first-order chi connectivity index (χ1) is 9.56. The molecule has 0 amide bonds. The highest BCUT2D eigenvalue weighted by Crippen LogP contribution is 2.23. The summed E-state index contributed by atoms with van der Waals surface area (Å²) in [5.74, 6) is -0.164. The standard InChI is InChI=1S/C13H16N4O3/c1-9(2)20-11-5-3-10(4-6-11)12(7-13(18)19)17-8-14-15-16-17/h3-6,8-9,12H,7H2,1-2H3,(H,18,19)/t12-/m0/s1. The number of aromatic nitrogens is 4. The third-order valence-corrected chi connectivity index (χ3v) is 2.69. The number of benzene rings is 1. The molecule has 1 aromatic heterocycles. The van der Waals surface area contributed by atoms with Crippen molar-refractivity contribution in [3.05, 3.63) is 36.2 Å². The lowest BCUT2D eigenvalue weighted by atomic mass is 10.0. The van der Waals surface area contributed by atoms with Crippen LogP contribution in [-0.2, 0) is 4.79 Å². The smallest absolute Gasteiger partial charge is 0.305 e. The maximum Gasteiger partial charge on any atom is 0.305 e. The van der Waals surface area contributed by atoms with E-state index in [-0.39, 0.29) is 12.5 Å². The zero-order chi connectivity index (χ0) is 14.5. The number of hydrogen-bond donors (Lipinski definition) is 1. The van der Waals surface area contributed by atoms with Crippen molar-refractivity contribution in [3.63, 3.8) is 0 Å². The highest BCUT2D eigenvalue weighted by atomic mass is 16.5. The van der Waals surface area contributed by atoms with Crippen LogP contribution in [0.15, 0.2) is 30.6 Å². The molecule has 0 saturated carbocycles. The molecule has 0 spiro atoms. The molecule has 1 aromatic carbocycles. The lowest BCUT2D eigenvalue weighted by molar-refractivity contribution is -0.137. The average Bonchev–Trinajstić information content (AvgIpc) is 2.90. The number of hydrogen-bond acceptors (Lipinski definition) is 5. The third-order valence-electron chi connectivity index (χ3n) is 2.69. The van der Waals surface area contributed by atoms with Gasteiger partial charge in [0.05, 0.1) is 18.6 Å². The van der Waals surface area contributed by atoms with E-state index in [9.17, 15) is 4.79 Å². The Morgan fingerprint density at radius 3 is 2.55 bits per heavy atom. The van der Waals surface area contributed by atoms with Gasteiger partial charge in [-0.1, -0.05) is 12.1 Å². The third kappa shape index (κ3) is 3.53. The Bertz CT molecular complexity index is 552. The molecule has 0 bridgehead atoms. The van der Waals surface area contributed by atoms with Gasteiger partial charge < -0.3 is 9.84 Å². The summed E-state index contributed by atoms with van der Waals surface area (Å²) in [4.78, 5) is 11.0. The van der Waals surface area contributed by atoms with Crippen LogP contribution in [0.2, 0.25) is 0 Å². The minimum Gasteiger partial charge on any atom is -0.491 e. The monoisotopic (exact) mass is 276 g/mol. The molecule has 1 N–H and O–H groups in total. The van der Waals surface area contributed by atoms with Crippen LogP contribution in [0.3, 0.4) is 0 Å². The largest absolute Gasteiger partial charge is 0.491 e. The number of carboxylic acids is 1. The Balaban J connectivity index is 2.23. The molecule has 0 aliphatic rings. The number of carboxylic acid groups (broad SMARTS) is 1. The van der Waals surface area contributed by atoms with E-state index in [0.717, 1.165) is 11.3 Å². The molecule has 0 radical (unpaired) electrons. The molecule has 2 aromatic rings. The van der Waals surface area contributed by atoms with Gasteiger partial charge in [0, 0.05) is 0 Å². The summed E-state index contributed by atoms with van der Waals surface area (Å²) in [7, 11) is 0. The van der Waals surface area contributed by atoms with Gasteiger partial charge in [-0.15, -0.1) is 5.10 Å². The van der Waals surface area contributed by atoms with Gasteiger partial charge in [0.15, 0.2) is 0 Å². The molecular formula is C13H16N4O3. The van der Waals surface area contributed by atoms with Crippen LogP contribution in [0.1, 0.15) is 31.9 Å². The lowest BCUT2D eigenvalue weighted by Crippen LogP contribution is -2.16. The molecule has 0 fully saturated rings. The summed E-state index contributed by atoms with van der Waals surface area (Å²) in [6.45, 7) is 3.89. The lowest BCUT2D eigenvalue weighted by Gasteiger charge is -2.16. The van der Waals surface area contributed by atoms with Crippen molar-refractivity contribution in [2.45, 2.75) is 32.4 Å². The van der Waals surface area contributed by atoms with E-state index < -0.39 is 12.0 Å². The van der Waals surface area contributed by atoms with E-state index >= 15 is 0 Å². The molecule has 20 heavy (non-hydrogen) atoms. The molecule has 0 saturated heterocycles. The quantitative estimate of drug-likeness (QED) is 0.860. The van der Waals surface area contributed by atoms with Gasteiger partial charge in [0.25, 0.3) is 0 Å². The highest BCUT2D eigenvalue weighted by Gasteiger charge is 2.18. The predicted molar refractivity (Wildman–Crippen MR) is 70.4 cm³/mol. The number of ether oxygens (including phenoxy) is 1. The maximum atomic E-state index is 11.0. The van der Waals surface area contributed by atoms with E-state index in [1.54, 1.807) is 0 Å². The van der Waals surface area contributed by atoms with Crippen molar-refractivity contribution < 1.29 is 14.6 Å². The summed E-state index contributed by atoms with van der Waals surface area (Å²) < 4.78 is 6.99. The van der Waals surface area contributed by atoms with Gasteiger partial charge >= 0.3 is 5.97 Å². The SMILES string of the molecule is CC(C)Oc1ccc([C@H](CC(=O)O)n2cnnn2)cc1. The molecule has 0 aliphatic carbocycles. The van der Waals surface area contributed by atoms with Crippen molar-refractivity contribution in [3.8, 4) is 5.75 Å². The summed E-state index contributed by atoms with van der Waals surface area (Å²) in [6, 6.07) is 6.85. The molecule has 7 heteroatoms. The Kier molecular flexibility index (Phi) is 4.29. The second-order valence-electron chi connectivity index (χ2n) is 4.64. The van der Waals surface area contributed by atoms with E-state index in [4.69, 9.17) is 9.84 Å². The highest BCUT2D eigenvalue weighted by molar-refractivity contribution is 5.68. The van der Waals surface area contributed by atoms with Crippen LogP contribution in [0.5, 0.6) is 5.75 Å². The minimum atomic E-state index is -0.909. The van der Waals surface area contributed by atoms with Crippen molar-refractivity contribution >= 4 is 5.97 Å². The van der Waals surface area contributed by atoms with Crippen LogP contribution in [0.4, 0.5) is 0 Å². The number of tetrazole rings is 1. The van der Waals surface area contributed by atoms with Crippen LogP contribution < -0.4 is 4.74 Å². The van der Waals surface area contributed by atoms with Gasteiger partial charge in [0.1, 0.15) is 12.1 Å². The van der Waals surface area contributed by atoms with Gasteiger partial charge in [0.2, 0.25) is 0 Å². The van der Waals surface area contributed by atoms with Crippen molar-refractivity contribution in [1.29, 1.82) is 0 Å².